The number of hydrogen-bond donors (Lipinski definition) is 0. The summed E-state index contributed by atoms with van der Waals surface area (Å²) in [7, 11) is 0. The predicted molar refractivity (Wildman–Crippen MR) is 412 cm³/mol. The Hall–Kier alpha value is -12.9. The summed E-state index contributed by atoms with van der Waals surface area (Å²) in [6.45, 7) is 4.64. The second-order valence-electron chi connectivity index (χ2n) is 26.8. The van der Waals surface area contributed by atoms with Gasteiger partial charge in [-0.1, -0.05) is 263 Å². The molecule has 0 fully saturated rings. The van der Waals surface area contributed by atoms with Gasteiger partial charge in [-0.15, -0.1) is 0 Å². The highest BCUT2D eigenvalue weighted by molar-refractivity contribution is 6.19. The Labute approximate surface area is 570 Å². The first-order chi connectivity index (χ1) is 48.8. The molecule has 13 aromatic carbocycles. The molecule has 2 aliphatic rings. The van der Waals surface area contributed by atoms with Gasteiger partial charge in [-0.05, 0) is 133 Å². The summed E-state index contributed by atoms with van der Waals surface area (Å²) in [5, 5.41) is 11.4. The normalized spacial score (nSPS) is 12.6. The van der Waals surface area contributed by atoms with E-state index in [-0.39, 0.29) is 5.41 Å². The zero-order valence-electron chi connectivity index (χ0n) is 54.2. The van der Waals surface area contributed by atoms with E-state index in [9.17, 15) is 0 Å². The summed E-state index contributed by atoms with van der Waals surface area (Å²) in [6.07, 6.45) is 0. The molecule has 6 aromatic heterocycles. The lowest BCUT2D eigenvalue weighted by Crippen LogP contribution is -2.14. The molecular weight excluding hydrogens is 1200 g/mol. The average molecular weight is 1260 g/mol. The fraction of sp³-hybridized carbons (Fsp3) is 0.0323. The van der Waals surface area contributed by atoms with Crippen LogP contribution in [0.3, 0.4) is 0 Å². The Morgan fingerprint density at radius 3 is 1.04 bits per heavy atom. The molecule has 6 heteroatoms. The van der Waals surface area contributed by atoms with Gasteiger partial charge in [0.05, 0.1) is 66.9 Å². The van der Waals surface area contributed by atoms with Crippen molar-refractivity contribution >= 4 is 98.0 Å². The standard InChI is InChI=1S/C47H27N3.C46H31N3/c1-2-12-33-32(11-1)35-15-8-16-36-34(23-24-37(33)45(35)36)43-26-22-29-20-19-28-21-25-40(49-46(28)47(29)50-43)30-9-7-10-31(27-30)44-38-13-3-5-17-41(38)48-42-18-6-4-14-39(42)44;1-46(2)37-15-6-3-12-33(37)34-23-20-31(27-38(34)46)40-25-22-29-19-18-28-21-24-39(48-44(28)45(29)49-40)30-10-9-11-32(26-30)43-35-13-4-7-16-41(35)47-42-17-8-5-14-36(42)43/h1-27H;3-27H,1-2H3. The number of rotatable bonds is 6. The van der Waals surface area contributed by atoms with Gasteiger partial charge in [0.25, 0.3) is 0 Å². The molecular formula is C93H58N6. The van der Waals surface area contributed by atoms with Crippen LogP contribution < -0.4 is 0 Å². The van der Waals surface area contributed by atoms with E-state index in [4.69, 9.17) is 29.9 Å². The highest BCUT2D eigenvalue weighted by Gasteiger charge is 2.35. The van der Waals surface area contributed by atoms with Crippen molar-refractivity contribution in [1.29, 1.82) is 0 Å². The Kier molecular flexibility index (Phi) is 12.6. The molecule has 6 nitrogen and oxygen atoms in total. The number of hydrogen-bond acceptors (Lipinski definition) is 6. The maximum Gasteiger partial charge on any atom is 0.0972 e. The van der Waals surface area contributed by atoms with Gasteiger partial charge in [-0.25, -0.2) is 29.9 Å². The van der Waals surface area contributed by atoms with E-state index in [1.165, 1.54) is 66.4 Å². The van der Waals surface area contributed by atoms with Crippen LogP contribution in [-0.2, 0) is 5.41 Å². The van der Waals surface area contributed by atoms with Crippen LogP contribution in [0.15, 0.2) is 315 Å². The minimum Gasteiger partial charge on any atom is -0.248 e. The fourth-order valence-electron chi connectivity index (χ4n) is 16.0. The molecule has 0 bridgehead atoms. The molecule has 21 rings (SSSR count). The Morgan fingerprint density at radius 2 is 0.545 bits per heavy atom. The van der Waals surface area contributed by atoms with E-state index in [1.54, 1.807) is 0 Å². The first kappa shape index (κ1) is 56.4. The van der Waals surface area contributed by atoms with Crippen molar-refractivity contribution in [3.8, 4) is 101 Å². The molecule has 19 aromatic rings. The van der Waals surface area contributed by atoms with Crippen LogP contribution >= 0.6 is 0 Å². The maximum absolute atomic E-state index is 5.35. The molecule has 2 aliphatic carbocycles. The third-order valence-electron chi connectivity index (χ3n) is 20.8. The predicted octanol–water partition coefficient (Wildman–Crippen LogP) is 24.1. The van der Waals surface area contributed by atoms with Crippen molar-refractivity contribution in [2.75, 3.05) is 0 Å². The molecule has 0 radical (unpaired) electrons. The number of aromatic nitrogens is 6. The molecule has 0 unspecified atom stereocenters. The van der Waals surface area contributed by atoms with Crippen LogP contribution in [0.4, 0.5) is 0 Å². The van der Waals surface area contributed by atoms with E-state index in [1.807, 2.05) is 0 Å². The van der Waals surface area contributed by atoms with Crippen molar-refractivity contribution in [3.05, 3.63) is 327 Å². The largest absolute Gasteiger partial charge is 0.248 e. The molecule has 0 N–H and O–H groups in total. The lowest BCUT2D eigenvalue weighted by Gasteiger charge is -2.21. The molecule has 6 heterocycles. The quantitative estimate of drug-likeness (QED) is 0.122. The molecule has 460 valence electrons. The van der Waals surface area contributed by atoms with E-state index >= 15 is 0 Å². The second kappa shape index (κ2) is 22.1. The number of para-hydroxylation sites is 4. The zero-order chi connectivity index (χ0) is 65.5. The summed E-state index contributed by atoms with van der Waals surface area (Å²) in [5.41, 5.74) is 31.0. The van der Waals surface area contributed by atoms with Crippen LogP contribution in [0.1, 0.15) is 25.0 Å². The second-order valence-corrected chi connectivity index (χ2v) is 26.8. The van der Waals surface area contributed by atoms with Crippen LogP contribution in [0, 0.1) is 0 Å². The van der Waals surface area contributed by atoms with Gasteiger partial charge in [-0.3, -0.25) is 0 Å². The molecule has 0 spiro atoms. The number of nitrogens with zero attached hydrogens (tertiary/aromatic N) is 6. The van der Waals surface area contributed by atoms with Crippen LogP contribution in [0.5, 0.6) is 0 Å². The lowest BCUT2D eigenvalue weighted by atomic mass is 9.82. The van der Waals surface area contributed by atoms with Crippen molar-refractivity contribution in [2.24, 2.45) is 0 Å². The number of fused-ring (bicyclic) bond motifs is 16. The minimum atomic E-state index is -0.0642. The first-order valence-electron chi connectivity index (χ1n) is 33.9. The summed E-state index contributed by atoms with van der Waals surface area (Å²) >= 11 is 0. The smallest absolute Gasteiger partial charge is 0.0972 e. The van der Waals surface area contributed by atoms with Crippen molar-refractivity contribution in [2.45, 2.75) is 19.3 Å². The van der Waals surface area contributed by atoms with Gasteiger partial charge in [-0.2, -0.15) is 0 Å². The third-order valence-corrected chi connectivity index (χ3v) is 20.8. The van der Waals surface area contributed by atoms with Gasteiger partial charge in [0, 0.05) is 81.9 Å². The maximum atomic E-state index is 5.35. The van der Waals surface area contributed by atoms with Gasteiger partial charge >= 0.3 is 0 Å². The number of benzene rings is 13. The monoisotopic (exact) mass is 1260 g/mol. The Morgan fingerprint density at radius 1 is 0.212 bits per heavy atom. The average Bonchev–Trinajstić information content (AvgIpc) is 1.69. The van der Waals surface area contributed by atoms with Crippen LogP contribution in [0.25, 0.3) is 199 Å². The highest BCUT2D eigenvalue weighted by Crippen LogP contribution is 2.51. The molecule has 99 heavy (non-hydrogen) atoms. The first-order valence-corrected chi connectivity index (χ1v) is 33.9. The summed E-state index contributed by atoms with van der Waals surface area (Å²) in [6, 6.07) is 112. The fourth-order valence-corrected chi connectivity index (χ4v) is 16.0. The van der Waals surface area contributed by atoms with Gasteiger partial charge in [0.1, 0.15) is 0 Å². The minimum absolute atomic E-state index is 0.0642. The summed E-state index contributed by atoms with van der Waals surface area (Å²) < 4.78 is 0. The number of pyridine rings is 6. The SMILES string of the molecule is CC1(C)c2ccccc2-c2ccc(-c3ccc4ccc5ccc(-c6cccc(-c7c8ccccc8nc8ccccc78)c6)nc5c4n3)cc21.c1cc(-c2ccc3ccc4ccc(-c5ccc6c7c(cccc57)-c5ccccc5-6)nc4c3n2)cc(-c2c3ccccc3nc3ccccc23)c1. The summed E-state index contributed by atoms with van der Waals surface area (Å²) in [5.74, 6) is 0. The highest BCUT2D eigenvalue weighted by atomic mass is 14.8. The molecule has 0 saturated carbocycles. The van der Waals surface area contributed by atoms with Crippen molar-refractivity contribution in [1.82, 2.24) is 29.9 Å². The molecule has 0 atom stereocenters. The van der Waals surface area contributed by atoms with E-state index in [0.29, 0.717) is 0 Å². The van der Waals surface area contributed by atoms with E-state index in [0.717, 1.165) is 143 Å². The van der Waals surface area contributed by atoms with Crippen molar-refractivity contribution < 1.29 is 0 Å². The van der Waals surface area contributed by atoms with E-state index < -0.39 is 0 Å². The van der Waals surface area contributed by atoms with Gasteiger partial charge in [0.2, 0.25) is 0 Å². The molecule has 0 aliphatic heterocycles. The third kappa shape index (κ3) is 9.03. The molecule has 0 saturated heterocycles. The van der Waals surface area contributed by atoms with E-state index in [2.05, 4.69) is 329 Å². The van der Waals surface area contributed by atoms with Gasteiger partial charge in [0.15, 0.2) is 0 Å². The van der Waals surface area contributed by atoms with Crippen molar-refractivity contribution in [3.63, 3.8) is 0 Å². The lowest BCUT2D eigenvalue weighted by molar-refractivity contribution is 0.660. The van der Waals surface area contributed by atoms with Crippen LogP contribution in [0.2, 0.25) is 0 Å². The summed E-state index contributed by atoms with van der Waals surface area (Å²) in [4.78, 5) is 31.2. The van der Waals surface area contributed by atoms with Gasteiger partial charge < -0.3 is 0 Å². The Bertz CT molecular complexity index is 6530. The molecule has 0 amide bonds. The zero-order valence-corrected chi connectivity index (χ0v) is 54.2. The topological polar surface area (TPSA) is 77.3 Å². The van der Waals surface area contributed by atoms with Crippen LogP contribution in [-0.4, -0.2) is 29.9 Å². The Balaban J connectivity index is 0.000000134.